The van der Waals surface area contributed by atoms with Crippen LogP contribution in [0.3, 0.4) is 0 Å². The van der Waals surface area contributed by atoms with Crippen LogP contribution in [0.4, 0.5) is 0 Å². The predicted octanol–water partition coefficient (Wildman–Crippen LogP) is 1.65. The number of aromatic nitrogens is 2. The predicted molar refractivity (Wildman–Crippen MR) is 88.0 cm³/mol. The maximum absolute atomic E-state index is 5.62. The molecular weight excluding hydrogens is 278 g/mol. The van der Waals surface area contributed by atoms with Gasteiger partial charge >= 0.3 is 0 Å². The summed E-state index contributed by atoms with van der Waals surface area (Å²) in [6.45, 7) is 4.86. The Morgan fingerprint density at radius 3 is 2.86 bits per heavy atom. The fourth-order valence-corrected chi connectivity index (χ4v) is 2.07. The maximum atomic E-state index is 5.62. The first-order valence-electron chi connectivity index (χ1n) is 7.46. The lowest BCUT2D eigenvalue weighted by Gasteiger charge is -2.14. The first kappa shape index (κ1) is 15.9. The van der Waals surface area contributed by atoms with Crippen LogP contribution >= 0.6 is 0 Å². The highest BCUT2D eigenvalue weighted by molar-refractivity contribution is 5.79. The van der Waals surface area contributed by atoms with Crippen LogP contribution in [0.25, 0.3) is 0 Å². The van der Waals surface area contributed by atoms with Gasteiger partial charge in [0.25, 0.3) is 0 Å². The van der Waals surface area contributed by atoms with Gasteiger partial charge in [-0.2, -0.15) is 5.10 Å². The molecule has 0 atom stereocenters. The van der Waals surface area contributed by atoms with E-state index in [2.05, 4.69) is 26.8 Å². The third-order valence-corrected chi connectivity index (χ3v) is 3.13. The molecule has 0 amide bonds. The summed E-state index contributed by atoms with van der Waals surface area (Å²) in [6.07, 6.45) is 3.72. The minimum Gasteiger partial charge on any atom is -0.494 e. The number of guanidine groups is 1. The van der Waals surface area contributed by atoms with Gasteiger partial charge in [0.2, 0.25) is 0 Å². The largest absolute Gasteiger partial charge is 0.494 e. The number of benzene rings is 1. The van der Waals surface area contributed by atoms with E-state index in [9.17, 15) is 0 Å². The van der Waals surface area contributed by atoms with Gasteiger partial charge < -0.3 is 15.4 Å². The Morgan fingerprint density at radius 2 is 2.14 bits per heavy atom. The van der Waals surface area contributed by atoms with E-state index in [1.807, 2.05) is 42.1 Å². The molecule has 0 saturated carbocycles. The van der Waals surface area contributed by atoms with Crippen molar-refractivity contribution >= 4 is 5.96 Å². The lowest BCUT2D eigenvalue weighted by Crippen LogP contribution is -2.38. The summed E-state index contributed by atoms with van der Waals surface area (Å²) in [7, 11) is 1.76. The second-order valence-corrected chi connectivity index (χ2v) is 4.66. The molecule has 0 aliphatic rings. The van der Waals surface area contributed by atoms with E-state index >= 15 is 0 Å². The van der Waals surface area contributed by atoms with Crippen LogP contribution in [0.1, 0.15) is 12.5 Å². The SMILES string of the molecule is CCOc1ccccc1CNC(=NC)NCCn1cccn1. The summed E-state index contributed by atoms with van der Waals surface area (Å²) in [5.41, 5.74) is 1.11. The van der Waals surface area contributed by atoms with Gasteiger partial charge in [-0.05, 0) is 19.1 Å². The van der Waals surface area contributed by atoms with Gasteiger partial charge in [-0.25, -0.2) is 0 Å². The van der Waals surface area contributed by atoms with E-state index in [1.54, 1.807) is 13.2 Å². The van der Waals surface area contributed by atoms with Crippen molar-refractivity contribution in [3.8, 4) is 5.75 Å². The number of ether oxygens (including phenoxy) is 1. The van der Waals surface area contributed by atoms with Gasteiger partial charge in [0.1, 0.15) is 5.75 Å². The molecule has 0 saturated heterocycles. The Morgan fingerprint density at radius 1 is 1.27 bits per heavy atom. The average molecular weight is 301 g/mol. The van der Waals surface area contributed by atoms with Crippen molar-refractivity contribution in [1.29, 1.82) is 0 Å². The van der Waals surface area contributed by atoms with Crippen molar-refractivity contribution in [3.63, 3.8) is 0 Å². The zero-order valence-electron chi connectivity index (χ0n) is 13.1. The zero-order chi connectivity index (χ0) is 15.6. The topological polar surface area (TPSA) is 63.5 Å². The second kappa shape index (κ2) is 8.71. The summed E-state index contributed by atoms with van der Waals surface area (Å²) in [4.78, 5) is 4.22. The van der Waals surface area contributed by atoms with Crippen LogP contribution in [-0.4, -0.2) is 35.9 Å². The first-order chi connectivity index (χ1) is 10.8. The molecule has 2 aromatic rings. The molecule has 6 nitrogen and oxygen atoms in total. The Bertz CT molecular complexity index is 580. The van der Waals surface area contributed by atoms with Gasteiger partial charge in [0.05, 0.1) is 13.2 Å². The molecule has 118 valence electrons. The monoisotopic (exact) mass is 301 g/mol. The van der Waals surface area contributed by atoms with Gasteiger partial charge in [-0.15, -0.1) is 0 Å². The summed E-state index contributed by atoms with van der Waals surface area (Å²) < 4.78 is 7.50. The Labute approximate surface area is 131 Å². The van der Waals surface area contributed by atoms with Gasteiger partial charge in [0, 0.05) is 38.1 Å². The van der Waals surface area contributed by atoms with E-state index < -0.39 is 0 Å². The van der Waals surface area contributed by atoms with E-state index in [-0.39, 0.29) is 0 Å². The molecule has 1 heterocycles. The quantitative estimate of drug-likeness (QED) is 0.603. The fraction of sp³-hybridized carbons (Fsp3) is 0.375. The minimum absolute atomic E-state index is 0.661. The second-order valence-electron chi connectivity index (χ2n) is 4.66. The normalized spacial score (nSPS) is 11.3. The van der Waals surface area contributed by atoms with Gasteiger partial charge in [-0.3, -0.25) is 9.67 Å². The molecule has 1 aromatic carbocycles. The molecule has 0 fully saturated rings. The maximum Gasteiger partial charge on any atom is 0.191 e. The third-order valence-electron chi connectivity index (χ3n) is 3.13. The van der Waals surface area contributed by atoms with E-state index in [1.165, 1.54) is 0 Å². The molecule has 0 bridgehead atoms. The fourth-order valence-electron chi connectivity index (χ4n) is 2.07. The molecule has 0 unspecified atom stereocenters. The highest BCUT2D eigenvalue weighted by Crippen LogP contribution is 2.17. The van der Waals surface area contributed by atoms with Crippen LogP contribution in [0.15, 0.2) is 47.7 Å². The van der Waals surface area contributed by atoms with E-state index in [0.717, 1.165) is 30.4 Å². The molecule has 6 heteroatoms. The van der Waals surface area contributed by atoms with Crippen molar-refractivity contribution in [1.82, 2.24) is 20.4 Å². The average Bonchev–Trinajstić information content (AvgIpc) is 3.05. The summed E-state index contributed by atoms with van der Waals surface area (Å²) in [5.74, 6) is 1.67. The number of nitrogens with one attached hydrogen (secondary N) is 2. The smallest absolute Gasteiger partial charge is 0.191 e. The number of hydrogen-bond donors (Lipinski definition) is 2. The Kier molecular flexibility index (Phi) is 6.29. The molecule has 0 aliphatic heterocycles. The highest BCUT2D eigenvalue weighted by Gasteiger charge is 2.03. The number of para-hydroxylation sites is 1. The molecular formula is C16H23N5O. The van der Waals surface area contributed by atoms with Crippen molar-refractivity contribution < 1.29 is 4.74 Å². The Hall–Kier alpha value is -2.50. The molecule has 0 spiro atoms. The molecule has 0 radical (unpaired) electrons. The third kappa shape index (κ3) is 4.80. The Balaban J connectivity index is 1.81. The minimum atomic E-state index is 0.661. The highest BCUT2D eigenvalue weighted by atomic mass is 16.5. The number of aliphatic imine (C=N–C) groups is 1. The lowest BCUT2D eigenvalue weighted by atomic mass is 10.2. The van der Waals surface area contributed by atoms with Crippen LogP contribution in [0.5, 0.6) is 5.75 Å². The van der Waals surface area contributed by atoms with Crippen LogP contribution in [-0.2, 0) is 13.1 Å². The summed E-state index contributed by atoms with van der Waals surface area (Å²) in [5, 5.41) is 10.7. The standard InChI is InChI=1S/C16H23N5O/c1-3-22-15-8-5-4-7-14(15)13-19-16(17-2)18-10-12-21-11-6-9-20-21/h4-9,11H,3,10,12-13H2,1-2H3,(H2,17,18,19). The molecule has 1 aromatic heterocycles. The molecule has 22 heavy (non-hydrogen) atoms. The molecule has 0 aliphatic carbocycles. The van der Waals surface area contributed by atoms with E-state index in [4.69, 9.17) is 4.74 Å². The van der Waals surface area contributed by atoms with Crippen LogP contribution in [0, 0.1) is 0 Å². The summed E-state index contributed by atoms with van der Waals surface area (Å²) >= 11 is 0. The lowest BCUT2D eigenvalue weighted by molar-refractivity contribution is 0.336. The van der Waals surface area contributed by atoms with Crippen molar-refractivity contribution in [3.05, 3.63) is 48.3 Å². The number of rotatable bonds is 7. The zero-order valence-corrected chi connectivity index (χ0v) is 13.1. The first-order valence-corrected chi connectivity index (χ1v) is 7.46. The number of nitrogens with zero attached hydrogens (tertiary/aromatic N) is 3. The number of hydrogen-bond acceptors (Lipinski definition) is 3. The molecule has 2 N–H and O–H groups in total. The summed E-state index contributed by atoms with van der Waals surface area (Å²) in [6, 6.07) is 9.93. The molecule has 2 rings (SSSR count). The van der Waals surface area contributed by atoms with Gasteiger partial charge in [-0.1, -0.05) is 18.2 Å². The van der Waals surface area contributed by atoms with Crippen LogP contribution in [0.2, 0.25) is 0 Å². The van der Waals surface area contributed by atoms with Crippen LogP contribution < -0.4 is 15.4 Å². The van der Waals surface area contributed by atoms with Gasteiger partial charge in [0.15, 0.2) is 5.96 Å². The van der Waals surface area contributed by atoms with Crippen molar-refractivity contribution in [2.75, 3.05) is 20.2 Å². The van der Waals surface area contributed by atoms with Crippen molar-refractivity contribution in [2.24, 2.45) is 4.99 Å². The van der Waals surface area contributed by atoms with Crippen molar-refractivity contribution in [2.45, 2.75) is 20.0 Å². The van der Waals surface area contributed by atoms with E-state index in [0.29, 0.717) is 13.2 Å².